The van der Waals surface area contributed by atoms with Crippen LogP contribution in [0.2, 0.25) is 5.02 Å². The quantitative estimate of drug-likeness (QED) is 0.327. The van der Waals surface area contributed by atoms with Crippen LogP contribution in [-0.4, -0.2) is 28.0 Å². The van der Waals surface area contributed by atoms with Gasteiger partial charge < -0.3 is 4.74 Å². The topological polar surface area (TPSA) is 68.2 Å². The van der Waals surface area contributed by atoms with Crippen LogP contribution in [0.15, 0.2) is 60.4 Å². The van der Waals surface area contributed by atoms with Gasteiger partial charge in [0.25, 0.3) is 5.91 Å². The lowest BCUT2D eigenvalue weighted by atomic mass is 10.1. The van der Waals surface area contributed by atoms with Gasteiger partial charge >= 0.3 is 0 Å². The van der Waals surface area contributed by atoms with E-state index in [4.69, 9.17) is 21.3 Å². The summed E-state index contributed by atoms with van der Waals surface area (Å²) in [6, 6.07) is 12.8. The summed E-state index contributed by atoms with van der Waals surface area (Å²) >= 11 is 9.27. The highest BCUT2D eigenvalue weighted by atomic mass is 35.5. The number of methoxy groups -OCH3 is 1. The molecule has 3 aromatic heterocycles. The van der Waals surface area contributed by atoms with Crippen LogP contribution >= 0.6 is 34.3 Å². The Morgan fingerprint density at radius 2 is 2.13 bits per heavy atom. The predicted molar refractivity (Wildman–Crippen MR) is 126 cm³/mol. The van der Waals surface area contributed by atoms with Crippen molar-refractivity contribution in [2.24, 2.45) is 0 Å². The van der Waals surface area contributed by atoms with Gasteiger partial charge in [-0.15, -0.1) is 11.3 Å². The maximum Gasteiger partial charge on any atom is 0.260 e. The van der Waals surface area contributed by atoms with Crippen molar-refractivity contribution < 1.29 is 9.53 Å². The van der Waals surface area contributed by atoms with Crippen LogP contribution in [0, 0.1) is 0 Å². The van der Waals surface area contributed by atoms with Crippen molar-refractivity contribution in [1.82, 2.24) is 15.0 Å². The molecule has 0 radical (unpaired) electrons. The van der Waals surface area contributed by atoms with Crippen LogP contribution in [0.4, 0.5) is 5.13 Å². The van der Waals surface area contributed by atoms with E-state index in [1.807, 2.05) is 24.3 Å². The second-order valence-electron chi connectivity index (χ2n) is 6.71. The first-order valence-corrected chi connectivity index (χ1v) is 11.4. The van der Waals surface area contributed by atoms with Gasteiger partial charge in [-0.3, -0.25) is 14.7 Å². The van der Waals surface area contributed by atoms with Gasteiger partial charge in [0.1, 0.15) is 11.3 Å². The summed E-state index contributed by atoms with van der Waals surface area (Å²) in [5, 5.41) is 1.11. The maximum atomic E-state index is 13.6. The Balaban J connectivity index is 1.62. The molecular formula is C22H15ClN4O2S2. The third-order valence-corrected chi connectivity index (χ3v) is 7.12. The number of halogens is 1. The number of fused-ring (bicyclic) bond motifs is 2. The van der Waals surface area contributed by atoms with Gasteiger partial charge in [0.2, 0.25) is 0 Å². The van der Waals surface area contributed by atoms with Gasteiger partial charge in [-0.2, -0.15) is 0 Å². The Labute approximate surface area is 190 Å². The van der Waals surface area contributed by atoms with Crippen LogP contribution in [-0.2, 0) is 6.54 Å². The molecule has 0 aliphatic rings. The monoisotopic (exact) mass is 466 g/mol. The highest BCUT2D eigenvalue weighted by Crippen LogP contribution is 2.39. The Bertz CT molecular complexity index is 1400. The number of carbonyl (C=O) groups excluding carboxylic acids is 1. The third kappa shape index (κ3) is 3.74. The highest BCUT2D eigenvalue weighted by molar-refractivity contribution is 7.23. The van der Waals surface area contributed by atoms with Crippen molar-refractivity contribution in [3.05, 3.63) is 76.5 Å². The van der Waals surface area contributed by atoms with E-state index in [0.717, 1.165) is 20.5 Å². The number of pyridine rings is 1. The van der Waals surface area contributed by atoms with Crippen LogP contribution in [0.5, 0.6) is 5.75 Å². The number of benzene rings is 2. The first-order chi connectivity index (χ1) is 15.1. The number of aromatic nitrogens is 3. The minimum absolute atomic E-state index is 0.159. The average Bonchev–Trinajstić information content (AvgIpc) is 3.45. The third-order valence-electron chi connectivity index (χ3n) is 4.78. The summed E-state index contributed by atoms with van der Waals surface area (Å²) < 4.78 is 7.18. The summed E-state index contributed by atoms with van der Waals surface area (Å²) in [5.41, 5.74) is 4.74. The van der Waals surface area contributed by atoms with E-state index < -0.39 is 0 Å². The Hall–Kier alpha value is -3.07. The first kappa shape index (κ1) is 19.9. The van der Waals surface area contributed by atoms with E-state index in [2.05, 4.69) is 9.97 Å². The van der Waals surface area contributed by atoms with E-state index in [1.165, 1.54) is 22.7 Å². The largest absolute Gasteiger partial charge is 0.494 e. The number of hydrogen-bond acceptors (Lipinski definition) is 7. The van der Waals surface area contributed by atoms with E-state index in [1.54, 1.807) is 48.1 Å². The molecule has 5 rings (SSSR count). The zero-order valence-electron chi connectivity index (χ0n) is 16.3. The Morgan fingerprint density at radius 3 is 2.94 bits per heavy atom. The van der Waals surface area contributed by atoms with Gasteiger partial charge in [-0.05, 0) is 42.0 Å². The van der Waals surface area contributed by atoms with Gasteiger partial charge in [0.05, 0.1) is 39.1 Å². The Morgan fingerprint density at radius 1 is 1.23 bits per heavy atom. The first-order valence-electron chi connectivity index (χ1n) is 9.31. The molecule has 1 amide bonds. The summed E-state index contributed by atoms with van der Waals surface area (Å²) in [6.45, 7) is 0.327. The minimum Gasteiger partial charge on any atom is -0.494 e. The standard InChI is InChI=1S/C22H15ClN4O2S2/c1-29-17-7-5-15(23)20-19(17)26-22(31-20)27(11-13-3-2-8-24-10-13)21(28)14-4-6-16-18(9-14)30-12-25-16/h2-10,12H,11H2,1H3. The minimum atomic E-state index is -0.159. The van der Waals surface area contributed by atoms with Crippen molar-refractivity contribution in [2.45, 2.75) is 6.54 Å². The molecule has 0 saturated carbocycles. The van der Waals surface area contributed by atoms with Crippen molar-refractivity contribution in [3.63, 3.8) is 0 Å². The second-order valence-corrected chi connectivity index (χ2v) is 8.98. The van der Waals surface area contributed by atoms with Crippen molar-refractivity contribution in [3.8, 4) is 5.75 Å². The van der Waals surface area contributed by atoms with Gasteiger partial charge in [0, 0.05) is 18.0 Å². The SMILES string of the molecule is COc1ccc(Cl)c2sc(N(Cc3cccnc3)C(=O)c3ccc4ncsc4c3)nc12. The molecule has 6 nitrogen and oxygen atoms in total. The van der Waals surface area contributed by atoms with Crippen molar-refractivity contribution >= 4 is 65.7 Å². The molecule has 0 atom stereocenters. The fourth-order valence-electron chi connectivity index (χ4n) is 3.27. The zero-order valence-corrected chi connectivity index (χ0v) is 18.7. The predicted octanol–water partition coefficient (Wildman–Crippen LogP) is 5.81. The molecule has 3 heterocycles. The lowest BCUT2D eigenvalue weighted by Gasteiger charge is -2.20. The van der Waals surface area contributed by atoms with E-state index in [9.17, 15) is 4.79 Å². The number of thiazole rings is 2. The summed E-state index contributed by atoms with van der Waals surface area (Å²) in [5.74, 6) is 0.454. The molecule has 0 spiro atoms. The summed E-state index contributed by atoms with van der Waals surface area (Å²) in [7, 11) is 1.59. The molecule has 5 aromatic rings. The number of rotatable bonds is 5. The number of carbonyl (C=O) groups is 1. The smallest absolute Gasteiger partial charge is 0.260 e. The van der Waals surface area contributed by atoms with E-state index >= 15 is 0 Å². The maximum absolute atomic E-state index is 13.6. The van der Waals surface area contributed by atoms with Crippen LogP contribution in [0.1, 0.15) is 15.9 Å². The lowest BCUT2D eigenvalue weighted by Crippen LogP contribution is -2.30. The highest BCUT2D eigenvalue weighted by Gasteiger charge is 2.24. The fourth-order valence-corrected chi connectivity index (χ4v) is 5.24. The van der Waals surface area contributed by atoms with E-state index in [0.29, 0.717) is 33.5 Å². The average molecular weight is 467 g/mol. The summed E-state index contributed by atoms with van der Waals surface area (Å²) in [4.78, 5) is 28.5. The van der Waals surface area contributed by atoms with Gasteiger partial charge in [-0.1, -0.05) is 29.0 Å². The number of nitrogens with zero attached hydrogens (tertiary/aromatic N) is 4. The molecule has 0 N–H and O–H groups in total. The molecule has 0 saturated heterocycles. The molecule has 9 heteroatoms. The summed E-state index contributed by atoms with van der Waals surface area (Å²) in [6.07, 6.45) is 3.45. The molecule has 0 fully saturated rings. The van der Waals surface area contributed by atoms with Crippen LogP contribution < -0.4 is 9.64 Å². The molecule has 154 valence electrons. The molecule has 0 unspecified atom stereocenters. The zero-order chi connectivity index (χ0) is 21.4. The molecular weight excluding hydrogens is 452 g/mol. The molecule has 2 aromatic carbocycles. The van der Waals surface area contributed by atoms with Crippen molar-refractivity contribution in [1.29, 1.82) is 0 Å². The molecule has 0 bridgehead atoms. The number of ether oxygens (including phenoxy) is 1. The number of anilines is 1. The number of hydrogen-bond donors (Lipinski definition) is 0. The van der Waals surface area contributed by atoms with E-state index in [-0.39, 0.29) is 5.91 Å². The fraction of sp³-hybridized carbons (Fsp3) is 0.0909. The van der Waals surface area contributed by atoms with Gasteiger partial charge in [0.15, 0.2) is 5.13 Å². The molecule has 0 aliphatic carbocycles. The molecule has 31 heavy (non-hydrogen) atoms. The second kappa shape index (κ2) is 8.22. The van der Waals surface area contributed by atoms with Crippen LogP contribution in [0.25, 0.3) is 20.4 Å². The normalized spacial score (nSPS) is 11.2. The number of amides is 1. The van der Waals surface area contributed by atoms with Gasteiger partial charge in [-0.25, -0.2) is 9.97 Å². The van der Waals surface area contributed by atoms with Crippen LogP contribution in [0.3, 0.4) is 0 Å². The van der Waals surface area contributed by atoms with Crippen molar-refractivity contribution in [2.75, 3.05) is 12.0 Å². The molecule has 0 aliphatic heterocycles. The lowest BCUT2D eigenvalue weighted by molar-refractivity contribution is 0.0985. The Kier molecular flexibility index (Phi) is 5.27.